The minimum absolute atomic E-state index is 0.00460. The molecule has 1 aromatic rings. The van der Waals surface area contributed by atoms with E-state index in [1.165, 1.54) is 0 Å². The number of nitrogens with one attached hydrogen (secondary N) is 1. The van der Waals surface area contributed by atoms with Gasteiger partial charge in [0.15, 0.2) is 4.90 Å². The average Bonchev–Trinajstić information content (AvgIpc) is 2.26. The third-order valence-corrected chi connectivity index (χ3v) is 4.01. The van der Waals surface area contributed by atoms with Gasteiger partial charge < -0.3 is 5.11 Å². The molecule has 0 saturated carbocycles. The number of hydrogen-bond acceptors (Lipinski definition) is 3. The van der Waals surface area contributed by atoms with Gasteiger partial charge in [0.25, 0.3) is 0 Å². The maximum atomic E-state index is 13.5. The van der Waals surface area contributed by atoms with Gasteiger partial charge in [-0.2, -0.15) is 4.72 Å². The highest BCUT2D eigenvalue weighted by molar-refractivity contribution is 7.89. The maximum absolute atomic E-state index is 13.5. The standard InChI is InChI=1S/C12H15F2NO4S/c1-7(2)6-10(12(16)17)15-20(18,19)11-8(13)4-3-5-9(11)14/h3-5,7,10,15H,6H2,1-2H3,(H,16,17)/t10-/m1/s1. The van der Waals surface area contributed by atoms with Crippen molar-refractivity contribution < 1.29 is 27.1 Å². The van der Waals surface area contributed by atoms with E-state index in [0.717, 1.165) is 18.2 Å². The second kappa shape index (κ2) is 6.27. The number of benzene rings is 1. The van der Waals surface area contributed by atoms with Crippen LogP contribution in [0.3, 0.4) is 0 Å². The zero-order valence-electron chi connectivity index (χ0n) is 10.9. The smallest absolute Gasteiger partial charge is 0.321 e. The molecular formula is C12H15F2NO4S. The van der Waals surface area contributed by atoms with Gasteiger partial charge in [0.1, 0.15) is 17.7 Å². The number of halogens is 2. The molecule has 0 saturated heterocycles. The molecule has 20 heavy (non-hydrogen) atoms. The van der Waals surface area contributed by atoms with Crippen LogP contribution in [0.25, 0.3) is 0 Å². The molecule has 0 heterocycles. The first kappa shape index (κ1) is 16.5. The number of aliphatic carboxylic acids is 1. The summed E-state index contributed by atoms with van der Waals surface area (Å²) in [7, 11) is -4.59. The second-order valence-electron chi connectivity index (χ2n) is 4.69. The van der Waals surface area contributed by atoms with E-state index in [4.69, 9.17) is 5.11 Å². The van der Waals surface area contributed by atoms with Gasteiger partial charge in [0, 0.05) is 0 Å². The van der Waals surface area contributed by atoms with Gasteiger partial charge in [0.05, 0.1) is 0 Å². The van der Waals surface area contributed by atoms with Gasteiger partial charge >= 0.3 is 5.97 Å². The molecule has 0 fully saturated rings. The lowest BCUT2D eigenvalue weighted by atomic mass is 10.1. The fourth-order valence-electron chi connectivity index (χ4n) is 1.66. The molecule has 5 nitrogen and oxygen atoms in total. The van der Waals surface area contributed by atoms with Crippen LogP contribution in [0.5, 0.6) is 0 Å². The van der Waals surface area contributed by atoms with Crippen molar-refractivity contribution in [2.75, 3.05) is 0 Å². The maximum Gasteiger partial charge on any atom is 0.321 e. The molecule has 0 unspecified atom stereocenters. The Morgan fingerprint density at radius 1 is 1.30 bits per heavy atom. The first-order valence-corrected chi connectivity index (χ1v) is 7.32. The molecule has 0 aliphatic carbocycles. The van der Waals surface area contributed by atoms with E-state index in [1.807, 2.05) is 4.72 Å². The number of carboxylic acid groups (broad SMARTS) is 1. The lowest BCUT2D eigenvalue weighted by Crippen LogP contribution is -2.42. The van der Waals surface area contributed by atoms with Gasteiger partial charge in [-0.1, -0.05) is 19.9 Å². The summed E-state index contributed by atoms with van der Waals surface area (Å²) in [6.07, 6.45) is 0.00460. The lowest BCUT2D eigenvalue weighted by molar-refractivity contribution is -0.139. The van der Waals surface area contributed by atoms with Crippen LogP contribution >= 0.6 is 0 Å². The molecule has 0 radical (unpaired) electrons. The highest BCUT2D eigenvalue weighted by Gasteiger charge is 2.30. The van der Waals surface area contributed by atoms with Crippen LogP contribution in [0.15, 0.2) is 23.1 Å². The van der Waals surface area contributed by atoms with Gasteiger partial charge in [0.2, 0.25) is 10.0 Å². The van der Waals surface area contributed by atoms with Crippen LogP contribution in [0.4, 0.5) is 8.78 Å². The van der Waals surface area contributed by atoms with Crippen LogP contribution in [-0.2, 0) is 14.8 Å². The van der Waals surface area contributed by atoms with Crippen molar-refractivity contribution in [2.45, 2.75) is 31.2 Å². The Kier molecular flexibility index (Phi) is 5.18. The molecule has 1 aromatic carbocycles. The molecule has 2 N–H and O–H groups in total. The number of sulfonamides is 1. The summed E-state index contributed by atoms with van der Waals surface area (Å²) in [5, 5.41) is 8.96. The van der Waals surface area contributed by atoms with Gasteiger partial charge in [-0.3, -0.25) is 4.79 Å². The molecule has 0 bridgehead atoms. The molecule has 1 rings (SSSR count). The highest BCUT2D eigenvalue weighted by atomic mass is 32.2. The molecule has 0 spiro atoms. The Balaban J connectivity index is 3.13. The van der Waals surface area contributed by atoms with Crippen molar-refractivity contribution in [3.63, 3.8) is 0 Å². The van der Waals surface area contributed by atoms with E-state index >= 15 is 0 Å². The Morgan fingerprint density at radius 3 is 2.20 bits per heavy atom. The molecular weight excluding hydrogens is 292 g/mol. The van der Waals surface area contributed by atoms with Crippen molar-refractivity contribution in [1.29, 1.82) is 0 Å². The third kappa shape index (κ3) is 3.97. The summed E-state index contributed by atoms with van der Waals surface area (Å²) in [6.45, 7) is 3.40. The molecule has 112 valence electrons. The molecule has 1 atom stereocenters. The number of carboxylic acids is 1. The van der Waals surface area contributed by atoms with E-state index in [2.05, 4.69) is 0 Å². The fraction of sp³-hybridized carbons (Fsp3) is 0.417. The van der Waals surface area contributed by atoms with Gasteiger partial charge in [-0.05, 0) is 24.5 Å². The Morgan fingerprint density at radius 2 is 1.80 bits per heavy atom. The summed E-state index contributed by atoms with van der Waals surface area (Å²) >= 11 is 0. The van der Waals surface area contributed by atoms with E-state index in [-0.39, 0.29) is 12.3 Å². The molecule has 0 aliphatic heterocycles. The van der Waals surface area contributed by atoms with Crippen LogP contribution in [0.2, 0.25) is 0 Å². The normalized spacial score (nSPS) is 13.4. The molecule has 0 aromatic heterocycles. The number of carbonyl (C=O) groups is 1. The minimum Gasteiger partial charge on any atom is -0.480 e. The van der Waals surface area contributed by atoms with Crippen LogP contribution < -0.4 is 4.72 Å². The quantitative estimate of drug-likeness (QED) is 0.838. The van der Waals surface area contributed by atoms with Crippen LogP contribution in [0, 0.1) is 17.6 Å². The van der Waals surface area contributed by atoms with Crippen LogP contribution in [0.1, 0.15) is 20.3 Å². The van der Waals surface area contributed by atoms with Crippen LogP contribution in [-0.4, -0.2) is 25.5 Å². The third-order valence-electron chi connectivity index (χ3n) is 2.49. The van der Waals surface area contributed by atoms with Gasteiger partial charge in [-0.15, -0.1) is 0 Å². The van der Waals surface area contributed by atoms with Crippen molar-refractivity contribution in [2.24, 2.45) is 5.92 Å². The van der Waals surface area contributed by atoms with Crippen molar-refractivity contribution in [1.82, 2.24) is 4.72 Å². The SMILES string of the molecule is CC(C)C[C@@H](NS(=O)(=O)c1c(F)cccc1F)C(=O)O. The predicted molar refractivity (Wildman–Crippen MR) is 67.6 cm³/mol. The number of rotatable bonds is 6. The number of hydrogen-bond donors (Lipinski definition) is 2. The van der Waals surface area contributed by atoms with E-state index in [9.17, 15) is 22.0 Å². The molecule has 0 amide bonds. The van der Waals surface area contributed by atoms with Crippen molar-refractivity contribution in [3.8, 4) is 0 Å². The lowest BCUT2D eigenvalue weighted by Gasteiger charge is -2.17. The topological polar surface area (TPSA) is 83.5 Å². The predicted octanol–water partition coefficient (Wildman–Crippen LogP) is 1.74. The minimum atomic E-state index is -4.59. The first-order valence-electron chi connectivity index (χ1n) is 5.84. The monoisotopic (exact) mass is 307 g/mol. The average molecular weight is 307 g/mol. The summed E-state index contributed by atoms with van der Waals surface area (Å²) < 4.78 is 52.6. The zero-order valence-corrected chi connectivity index (χ0v) is 11.7. The summed E-state index contributed by atoms with van der Waals surface area (Å²) in [5.41, 5.74) is 0. The summed E-state index contributed by atoms with van der Waals surface area (Å²) in [6, 6.07) is 1.15. The molecule has 0 aliphatic rings. The zero-order chi connectivity index (χ0) is 15.5. The Labute approximate surface area is 115 Å². The van der Waals surface area contributed by atoms with Crippen molar-refractivity contribution >= 4 is 16.0 Å². The second-order valence-corrected chi connectivity index (χ2v) is 6.34. The largest absolute Gasteiger partial charge is 0.480 e. The highest BCUT2D eigenvalue weighted by Crippen LogP contribution is 2.19. The first-order chi connectivity index (χ1) is 9.15. The molecule has 8 heteroatoms. The van der Waals surface area contributed by atoms with Crippen molar-refractivity contribution in [3.05, 3.63) is 29.8 Å². The fourth-order valence-corrected chi connectivity index (χ4v) is 3.00. The van der Waals surface area contributed by atoms with E-state index in [1.54, 1.807) is 13.8 Å². The Bertz CT molecular complexity index is 581. The summed E-state index contributed by atoms with van der Waals surface area (Å²) in [4.78, 5) is 9.83. The van der Waals surface area contributed by atoms with Gasteiger partial charge in [-0.25, -0.2) is 17.2 Å². The summed E-state index contributed by atoms with van der Waals surface area (Å²) in [5.74, 6) is -4.05. The van der Waals surface area contributed by atoms with E-state index < -0.39 is 38.6 Å². The van der Waals surface area contributed by atoms with E-state index in [0.29, 0.717) is 0 Å². The Hall–Kier alpha value is -1.54.